The monoisotopic (exact) mass is 209 g/mol. The molecule has 0 aliphatic carbocycles. The maximum atomic E-state index is 8.76. The van der Waals surface area contributed by atoms with Crippen LogP contribution < -0.4 is 10.1 Å². The van der Waals surface area contributed by atoms with E-state index in [1.54, 1.807) is 7.11 Å². The lowest BCUT2D eigenvalue weighted by Crippen LogP contribution is -2.26. The van der Waals surface area contributed by atoms with E-state index in [1.165, 1.54) is 5.56 Å². The number of aliphatic hydroxyl groups excluding tert-OH is 1. The van der Waals surface area contributed by atoms with Gasteiger partial charge in [0.2, 0.25) is 0 Å². The summed E-state index contributed by atoms with van der Waals surface area (Å²) in [6.45, 7) is 3.10. The zero-order valence-corrected chi connectivity index (χ0v) is 9.36. The number of rotatable bonds is 6. The second kappa shape index (κ2) is 6.43. The van der Waals surface area contributed by atoms with Crippen molar-refractivity contribution >= 4 is 0 Å². The van der Waals surface area contributed by atoms with E-state index in [2.05, 4.69) is 18.3 Å². The normalized spacial score (nSPS) is 12.5. The molecule has 0 aliphatic heterocycles. The Morgan fingerprint density at radius 1 is 1.47 bits per heavy atom. The van der Waals surface area contributed by atoms with E-state index in [9.17, 15) is 0 Å². The van der Waals surface area contributed by atoms with E-state index in [1.807, 2.05) is 18.2 Å². The zero-order chi connectivity index (χ0) is 11.1. The number of ether oxygens (including phenoxy) is 1. The van der Waals surface area contributed by atoms with Crippen LogP contribution in [0.15, 0.2) is 24.3 Å². The van der Waals surface area contributed by atoms with Crippen molar-refractivity contribution in [2.45, 2.75) is 25.9 Å². The van der Waals surface area contributed by atoms with Crippen LogP contribution >= 0.6 is 0 Å². The zero-order valence-electron chi connectivity index (χ0n) is 9.36. The molecule has 1 rings (SSSR count). The van der Waals surface area contributed by atoms with Gasteiger partial charge in [-0.3, -0.25) is 0 Å². The molecule has 2 N–H and O–H groups in total. The summed E-state index contributed by atoms with van der Waals surface area (Å²) >= 11 is 0. The van der Waals surface area contributed by atoms with Crippen LogP contribution in [0.5, 0.6) is 5.75 Å². The van der Waals surface area contributed by atoms with Gasteiger partial charge in [-0.05, 0) is 31.0 Å². The highest BCUT2D eigenvalue weighted by Gasteiger charge is 2.00. The number of nitrogens with one attached hydrogen (secondary N) is 1. The molecule has 84 valence electrons. The molecule has 0 saturated carbocycles. The van der Waals surface area contributed by atoms with Gasteiger partial charge in [-0.25, -0.2) is 0 Å². The van der Waals surface area contributed by atoms with E-state index < -0.39 is 0 Å². The van der Waals surface area contributed by atoms with Crippen molar-refractivity contribution in [2.75, 3.05) is 13.7 Å². The molecule has 1 aromatic rings. The summed E-state index contributed by atoms with van der Waals surface area (Å²) in [7, 11) is 1.67. The smallest absolute Gasteiger partial charge is 0.119 e. The fourth-order valence-corrected chi connectivity index (χ4v) is 1.37. The van der Waals surface area contributed by atoms with Gasteiger partial charge in [-0.1, -0.05) is 12.1 Å². The lowest BCUT2D eigenvalue weighted by molar-refractivity contribution is 0.268. The quantitative estimate of drug-likeness (QED) is 0.747. The summed E-state index contributed by atoms with van der Waals surface area (Å²) in [5.74, 6) is 0.879. The third-order valence-electron chi connectivity index (χ3n) is 2.35. The number of methoxy groups -OCH3 is 1. The van der Waals surface area contributed by atoms with Gasteiger partial charge >= 0.3 is 0 Å². The van der Waals surface area contributed by atoms with Crippen LogP contribution in [0.2, 0.25) is 0 Å². The van der Waals surface area contributed by atoms with Crippen molar-refractivity contribution in [2.24, 2.45) is 0 Å². The molecule has 0 amide bonds. The molecule has 1 unspecified atom stereocenters. The fourth-order valence-electron chi connectivity index (χ4n) is 1.37. The van der Waals surface area contributed by atoms with Crippen molar-refractivity contribution in [1.82, 2.24) is 5.32 Å². The average molecular weight is 209 g/mol. The standard InChI is InChI=1S/C12H19NO2/c1-10(6-7-14)13-9-11-4-3-5-12(8-11)15-2/h3-5,8,10,13-14H,6-7,9H2,1-2H3. The van der Waals surface area contributed by atoms with Gasteiger partial charge in [0.05, 0.1) is 7.11 Å². The lowest BCUT2D eigenvalue weighted by atomic mass is 10.2. The Kier molecular flexibility index (Phi) is 5.15. The summed E-state index contributed by atoms with van der Waals surface area (Å²) < 4.78 is 5.14. The highest BCUT2D eigenvalue weighted by Crippen LogP contribution is 2.12. The summed E-state index contributed by atoms with van der Waals surface area (Å²) in [5, 5.41) is 12.1. The van der Waals surface area contributed by atoms with Gasteiger partial charge in [0.15, 0.2) is 0 Å². The first kappa shape index (κ1) is 12.0. The van der Waals surface area contributed by atoms with Crippen LogP contribution in [0.4, 0.5) is 0 Å². The maximum absolute atomic E-state index is 8.76. The number of aliphatic hydroxyl groups is 1. The fraction of sp³-hybridized carbons (Fsp3) is 0.500. The van der Waals surface area contributed by atoms with E-state index in [4.69, 9.17) is 9.84 Å². The van der Waals surface area contributed by atoms with Gasteiger partial charge in [-0.15, -0.1) is 0 Å². The molecule has 0 radical (unpaired) electrons. The van der Waals surface area contributed by atoms with E-state index in [0.29, 0.717) is 6.04 Å². The maximum Gasteiger partial charge on any atom is 0.119 e. The summed E-state index contributed by atoms with van der Waals surface area (Å²) in [4.78, 5) is 0. The van der Waals surface area contributed by atoms with Crippen LogP contribution in [0, 0.1) is 0 Å². The van der Waals surface area contributed by atoms with E-state index >= 15 is 0 Å². The molecule has 0 aliphatic rings. The highest BCUT2D eigenvalue weighted by atomic mass is 16.5. The Hall–Kier alpha value is -1.06. The Morgan fingerprint density at radius 2 is 2.27 bits per heavy atom. The van der Waals surface area contributed by atoms with Gasteiger partial charge in [-0.2, -0.15) is 0 Å². The third kappa shape index (κ3) is 4.32. The highest BCUT2D eigenvalue weighted by molar-refractivity contribution is 5.28. The summed E-state index contributed by atoms with van der Waals surface area (Å²) in [6.07, 6.45) is 0.782. The first-order valence-corrected chi connectivity index (χ1v) is 5.23. The second-order valence-corrected chi connectivity index (χ2v) is 3.65. The Balaban J connectivity index is 2.43. The van der Waals surface area contributed by atoms with Gasteiger partial charge in [0.25, 0.3) is 0 Å². The van der Waals surface area contributed by atoms with E-state index in [-0.39, 0.29) is 6.61 Å². The molecule has 3 nitrogen and oxygen atoms in total. The molecular formula is C12H19NO2. The molecule has 0 spiro atoms. The van der Waals surface area contributed by atoms with Gasteiger partial charge < -0.3 is 15.2 Å². The minimum atomic E-state index is 0.228. The van der Waals surface area contributed by atoms with Crippen molar-refractivity contribution in [3.63, 3.8) is 0 Å². The number of benzene rings is 1. The third-order valence-corrected chi connectivity index (χ3v) is 2.35. The summed E-state index contributed by atoms with van der Waals surface area (Å²) in [6, 6.07) is 8.31. The van der Waals surface area contributed by atoms with Crippen molar-refractivity contribution in [3.8, 4) is 5.75 Å². The molecule has 1 aromatic carbocycles. The molecular weight excluding hydrogens is 190 g/mol. The first-order chi connectivity index (χ1) is 7.26. The number of hydrogen-bond donors (Lipinski definition) is 2. The minimum absolute atomic E-state index is 0.228. The molecule has 0 saturated heterocycles. The molecule has 15 heavy (non-hydrogen) atoms. The first-order valence-electron chi connectivity index (χ1n) is 5.23. The number of hydrogen-bond acceptors (Lipinski definition) is 3. The molecule has 1 atom stereocenters. The largest absolute Gasteiger partial charge is 0.497 e. The van der Waals surface area contributed by atoms with Crippen LogP contribution in [-0.4, -0.2) is 24.9 Å². The predicted molar refractivity (Wildman–Crippen MR) is 61.0 cm³/mol. The van der Waals surface area contributed by atoms with Gasteiger partial charge in [0, 0.05) is 19.2 Å². The molecule has 0 fully saturated rings. The van der Waals surface area contributed by atoms with Crippen molar-refractivity contribution < 1.29 is 9.84 Å². The molecule has 3 heteroatoms. The Labute approximate surface area is 91.1 Å². The average Bonchev–Trinajstić information content (AvgIpc) is 2.27. The predicted octanol–water partition coefficient (Wildman–Crippen LogP) is 1.56. The molecule has 0 heterocycles. The van der Waals surface area contributed by atoms with Crippen molar-refractivity contribution in [3.05, 3.63) is 29.8 Å². The van der Waals surface area contributed by atoms with Crippen LogP contribution in [0.25, 0.3) is 0 Å². The van der Waals surface area contributed by atoms with Crippen LogP contribution in [0.3, 0.4) is 0 Å². The SMILES string of the molecule is COc1cccc(CNC(C)CCO)c1. The molecule has 0 aromatic heterocycles. The molecule has 0 bridgehead atoms. The minimum Gasteiger partial charge on any atom is -0.497 e. The second-order valence-electron chi connectivity index (χ2n) is 3.65. The lowest BCUT2D eigenvalue weighted by Gasteiger charge is -2.12. The van der Waals surface area contributed by atoms with Crippen LogP contribution in [-0.2, 0) is 6.54 Å². The summed E-state index contributed by atoms with van der Waals surface area (Å²) in [5.41, 5.74) is 1.19. The Bertz CT molecular complexity index is 289. The van der Waals surface area contributed by atoms with Gasteiger partial charge in [0.1, 0.15) is 5.75 Å². The van der Waals surface area contributed by atoms with Crippen molar-refractivity contribution in [1.29, 1.82) is 0 Å². The topological polar surface area (TPSA) is 41.5 Å². The van der Waals surface area contributed by atoms with Crippen LogP contribution in [0.1, 0.15) is 18.9 Å². The Morgan fingerprint density at radius 3 is 2.93 bits per heavy atom. The van der Waals surface area contributed by atoms with E-state index in [0.717, 1.165) is 18.7 Å².